The van der Waals surface area contributed by atoms with Crippen molar-refractivity contribution in [3.63, 3.8) is 0 Å². The van der Waals surface area contributed by atoms with E-state index < -0.39 is 0 Å². The summed E-state index contributed by atoms with van der Waals surface area (Å²) in [6.45, 7) is 0.784. The first-order chi connectivity index (χ1) is 11.2. The van der Waals surface area contributed by atoms with Crippen LogP contribution in [0.1, 0.15) is 25.2 Å². The van der Waals surface area contributed by atoms with E-state index >= 15 is 0 Å². The van der Waals surface area contributed by atoms with Crippen LogP contribution in [0.25, 0.3) is 11.4 Å². The lowest BCUT2D eigenvalue weighted by atomic mass is 9.95. The molecule has 6 nitrogen and oxygen atoms in total. The van der Waals surface area contributed by atoms with Gasteiger partial charge in [-0.15, -0.1) is 12.4 Å². The minimum Gasteiger partial charge on any atom is -0.347 e. The number of halogens is 2. The molecule has 3 N–H and O–H groups in total. The number of amides is 1. The van der Waals surface area contributed by atoms with Gasteiger partial charge < -0.3 is 15.6 Å². The number of nitrogens with zero attached hydrogens (tertiary/aromatic N) is 2. The van der Waals surface area contributed by atoms with E-state index in [9.17, 15) is 4.79 Å². The van der Waals surface area contributed by atoms with Crippen LogP contribution in [-0.2, 0) is 11.3 Å². The highest BCUT2D eigenvalue weighted by molar-refractivity contribution is 6.30. The van der Waals surface area contributed by atoms with Crippen molar-refractivity contribution in [1.82, 2.24) is 15.5 Å². The van der Waals surface area contributed by atoms with Crippen molar-refractivity contribution >= 4 is 29.9 Å². The van der Waals surface area contributed by atoms with Crippen LogP contribution in [0.15, 0.2) is 28.8 Å². The lowest BCUT2D eigenvalue weighted by molar-refractivity contribution is -0.126. The third-order valence-corrected chi connectivity index (χ3v) is 4.53. The van der Waals surface area contributed by atoms with E-state index in [1.54, 1.807) is 12.1 Å². The summed E-state index contributed by atoms with van der Waals surface area (Å²) in [6.07, 6.45) is 2.98. The summed E-state index contributed by atoms with van der Waals surface area (Å²) in [5.41, 5.74) is 6.53. The number of carbonyl (C=O) groups is 1. The average molecular weight is 371 g/mol. The van der Waals surface area contributed by atoms with E-state index in [1.165, 1.54) is 0 Å². The molecule has 0 aliphatic heterocycles. The molecule has 0 spiro atoms. The van der Waals surface area contributed by atoms with Gasteiger partial charge >= 0.3 is 0 Å². The molecule has 1 aliphatic carbocycles. The first-order valence-electron chi connectivity index (χ1n) is 7.73. The van der Waals surface area contributed by atoms with Crippen molar-refractivity contribution in [2.75, 3.05) is 6.54 Å². The van der Waals surface area contributed by atoms with Crippen LogP contribution < -0.4 is 11.1 Å². The van der Waals surface area contributed by atoms with Gasteiger partial charge in [-0.25, -0.2) is 0 Å². The van der Waals surface area contributed by atoms with Gasteiger partial charge in [0.2, 0.25) is 17.6 Å². The summed E-state index contributed by atoms with van der Waals surface area (Å²) in [5.74, 6) is 1.15. The molecule has 3 rings (SSSR count). The molecule has 1 fully saturated rings. The van der Waals surface area contributed by atoms with Gasteiger partial charge in [-0.2, -0.15) is 4.98 Å². The van der Waals surface area contributed by atoms with Gasteiger partial charge in [-0.05, 0) is 49.6 Å². The predicted octanol–water partition coefficient (Wildman–Crippen LogP) is 2.80. The Kier molecular flexibility index (Phi) is 6.60. The monoisotopic (exact) mass is 370 g/mol. The molecular formula is C16H20Cl2N4O2. The molecule has 1 aromatic heterocycles. The van der Waals surface area contributed by atoms with Crippen LogP contribution in [0, 0.1) is 11.8 Å². The molecule has 24 heavy (non-hydrogen) atoms. The van der Waals surface area contributed by atoms with Crippen LogP contribution >= 0.6 is 24.0 Å². The molecule has 0 radical (unpaired) electrons. The fourth-order valence-electron chi connectivity index (χ4n) is 3.00. The Bertz CT molecular complexity index is 675. The number of carbonyl (C=O) groups excluding carboxylic acids is 1. The maximum atomic E-state index is 12.2. The molecular weight excluding hydrogens is 351 g/mol. The van der Waals surface area contributed by atoms with E-state index in [4.69, 9.17) is 21.9 Å². The summed E-state index contributed by atoms with van der Waals surface area (Å²) in [5, 5.41) is 7.44. The van der Waals surface area contributed by atoms with Crippen LogP contribution in [0.3, 0.4) is 0 Å². The zero-order chi connectivity index (χ0) is 16.2. The Morgan fingerprint density at radius 2 is 2.08 bits per heavy atom. The Balaban J connectivity index is 0.00000208. The molecule has 1 saturated carbocycles. The Morgan fingerprint density at radius 3 is 2.79 bits per heavy atom. The van der Waals surface area contributed by atoms with E-state index in [0.29, 0.717) is 23.3 Å². The number of nitrogens with one attached hydrogen (secondary N) is 1. The second-order valence-corrected chi connectivity index (χ2v) is 6.21. The van der Waals surface area contributed by atoms with Crippen LogP contribution in [-0.4, -0.2) is 22.6 Å². The molecule has 2 atom stereocenters. The molecule has 8 heteroatoms. The lowest BCUT2D eigenvalue weighted by Crippen LogP contribution is -2.34. The zero-order valence-corrected chi connectivity index (χ0v) is 14.6. The summed E-state index contributed by atoms with van der Waals surface area (Å²) in [4.78, 5) is 16.5. The maximum absolute atomic E-state index is 12.2. The Labute approximate surface area is 151 Å². The normalized spacial score (nSPS) is 19.8. The highest BCUT2D eigenvalue weighted by Crippen LogP contribution is 2.31. The predicted molar refractivity (Wildman–Crippen MR) is 93.7 cm³/mol. The second kappa shape index (κ2) is 8.46. The number of nitrogens with two attached hydrogens (primary N) is 1. The standard InChI is InChI=1S/C16H19ClN4O2.ClH/c17-12-6-4-10(5-7-12)15-20-14(23-21-15)9-19-16(22)13-3-1-2-11(13)8-18;/h4-7,11,13H,1-3,8-9,18H2,(H,19,22);1H/t11-,13-;/m1./s1. The minimum absolute atomic E-state index is 0. The van der Waals surface area contributed by atoms with E-state index in [1.807, 2.05) is 12.1 Å². The van der Waals surface area contributed by atoms with Crippen molar-refractivity contribution in [1.29, 1.82) is 0 Å². The fourth-order valence-corrected chi connectivity index (χ4v) is 3.13. The van der Waals surface area contributed by atoms with Crippen molar-refractivity contribution in [3.8, 4) is 11.4 Å². The van der Waals surface area contributed by atoms with Crippen molar-refractivity contribution in [2.45, 2.75) is 25.8 Å². The van der Waals surface area contributed by atoms with Gasteiger partial charge in [-0.3, -0.25) is 4.79 Å². The van der Waals surface area contributed by atoms with Crippen LogP contribution in [0.2, 0.25) is 5.02 Å². The number of aromatic nitrogens is 2. The number of hydrogen-bond donors (Lipinski definition) is 2. The summed E-state index contributed by atoms with van der Waals surface area (Å²) in [6, 6.07) is 7.17. The van der Waals surface area contributed by atoms with Gasteiger partial charge in [-0.1, -0.05) is 23.2 Å². The second-order valence-electron chi connectivity index (χ2n) is 5.77. The fraction of sp³-hybridized carbons (Fsp3) is 0.438. The van der Waals surface area contributed by atoms with Gasteiger partial charge in [0.05, 0.1) is 6.54 Å². The van der Waals surface area contributed by atoms with E-state index in [0.717, 1.165) is 24.8 Å². The lowest BCUT2D eigenvalue weighted by Gasteiger charge is -2.16. The smallest absolute Gasteiger partial charge is 0.246 e. The van der Waals surface area contributed by atoms with Gasteiger partial charge in [0.15, 0.2) is 0 Å². The average Bonchev–Trinajstić information content (AvgIpc) is 3.22. The van der Waals surface area contributed by atoms with Gasteiger partial charge in [0.25, 0.3) is 0 Å². The summed E-state index contributed by atoms with van der Waals surface area (Å²) in [7, 11) is 0. The number of rotatable bonds is 5. The molecule has 2 aromatic rings. The highest BCUT2D eigenvalue weighted by Gasteiger charge is 2.31. The topological polar surface area (TPSA) is 94.0 Å². The summed E-state index contributed by atoms with van der Waals surface area (Å²) < 4.78 is 5.18. The molecule has 1 heterocycles. The largest absolute Gasteiger partial charge is 0.347 e. The number of benzene rings is 1. The molecule has 0 saturated heterocycles. The first-order valence-corrected chi connectivity index (χ1v) is 8.11. The third-order valence-electron chi connectivity index (χ3n) is 4.28. The SMILES string of the molecule is Cl.NC[C@H]1CCC[C@H]1C(=O)NCc1nc(-c2ccc(Cl)cc2)no1. The molecule has 0 bridgehead atoms. The quantitative estimate of drug-likeness (QED) is 0.843. The van der Waals surface area contributed by atoms with Gasteiger partial charge in [0, 0.05) is 16.5 Å². The Morgan fingerprint density at radius 1 is 1.33 bits per heavy atom. The highest BCUT2D eigenvalue weighted by atomic mass is 35.5. The van der Waals surface area contributed by atoms with Crippen molar-refractivity contribution in [3.05, 3.63) is 35.2 Å². The van der Waals surface area contributed by atoms with Gasteiger partial charge in [0.1, 0.15) is 0 Å². The Hall–Kier alpha value is -1.63. The first kappa shape index (κ1) is 18.7. The minimum atomic E-state index is -0.00124. The zero-order valence-electron chi connectivity index (χ0n) is 13.1. The molecule has 0 unspecified atom stereocenters. The molecule has 1 aromatic carbocycles. The number of hydrogen-bond acceptors (Lipinski definition) is 5. The van der Waals surface area contributed by atoms with Crippen molar-refractivity contribution < 1.29 is 9.32 Å². The van der Waals surface area contributed by atoms with E-state index in [-0.39, 0.29) is 36.7 Å². The molecule has 1 amide bonds. The van der Waals surface area contributed by atoms with Crippen molar-refractivity contribution in [2.24, 2.45) is 17.6 Å². The van der Waals surface area contributed by atoms with Crippen LogP contribution in [0.4, 0.5) is 0 Å². The third kappa shape index (κ3) is 4.26. The summed E-state index contributed by atoms with van der Waals surface area (Å²) >= 11 is 5.85. The van der Waals surface area contributed by atoms with Crippen LogP contribution in [0.5, 0.6) is 0 Å². The molecule has 1 aliphatic rings. The van der Waals surface area contributed by atoms with E-state index in [2.05, 4.69) is 15.5 Å². The molecule has 130 valence electrons. The maximum Gasteiger partial charge on any atom is 0.246 e.